The van der Waals surface area contributed by atoms with Gasteiger partial charge < -0.3 is 5.11 Å². The van der Waals surface area contributed by atoms with Crippen LogP contribution in [0.3, 0.4) is 0 Å². The molecule has 0 aromatic heterocycles. The van der Waals surface area contributed by atoms with Crippen molar-refractivity contribution in [2.45, 2.75) is 26.1 Å². The molecule has 1 unspecified atom stereocenters. The highest BCUT2D eigenvalue weighted by atomic mass is 19.4. The minimum absolute atomic E-state index is 0.0891. The lowest BCUT2D eigenvalue weighted by Gasteiger charge is -2.15. The van der Waals surface area contributed by atoms with Gasteiger partial charge in [-0.25, -0.2) is 0 Å². The molecule has 1 rings (SSSR count). The van der Waals surface area contributed by atoms with Gasteiger partial charge in [-0.05, 0) is 42.7 Å². The highest BCUT2D eigenvalue weighted by molar-refractivity contribution is 5.44. The average Bonchev–Trinajstić information content (AvgIpc) is 2.25. The Balaban J connectivity index is 2.94. The van der Waals surface area contributed by atoms with Crippen LogP contribution in [-0.4, -0.2) is 17.8 Å². The third-order valence-electron chi connectivity index (χ3n) is 2.48. The number of aryl methyl sites for hydroxylation is 2. The lowest BCUT2D eigenvalue weighted by Crippen LogP contribution is -2.31. The van der Waals surface area contributed by atoms with Crippen LogP contribution in [-0.2, 0) is 0 Å². The van der Waals surface area contributed by atoms with Crippen molar-refractivity contribution >= 4 is 0 Å². The van der Waals surface area contributed by atoms with E-state index in [1.807, 2.05) is 0 Å². The summed E-state index contributed by atoms with van der Waals surface area (Å²) in [6.45, 7) is 2.03. The van der Waals surface area contributed by atoms with Crippen molar-refractivity contribution in [2.75, 3.05) is 6.54 Å². The molecule has 0 saturated heterocycles. The van der Waals surface area contributed by atoms with Gasteiger partial charge in [0.05, 0.1) is 12.6 Å². The van der Waals surface area contributed by atoms with Crippen molar-refractivity contribution < 1.29 is 18.3 Å². The van der Waals surface area contributed by atoms with Gasteiger partial charge in [0, 0.05) is 0 Å². The minimum Gasteiger partial charge on any atom is -0.507 e. The number of rotatable bonds is 3. The molecule has 0 spiro atoms. The van der Waals surface area contributed by atoms with Crippen LogP contribution in [0.2, 0.25) is 0 Å². The Morgan fingerprint density at radius 3 is 2.22 bits per heavy atom. The molecule has 98 valence electrons. The van der Waals surface area contributed by atoms with Crippen LogP contribution in [0.5, 0.6) is 5.75 Å². The number of hydrogen-bond acceptors (Lipinski definition) is 3. The highest BCUT2D eigenvalue weighted by Gasteiger charge is 2.28. The number of nitrogens with one attached hydrogen (secondary N) is 1. The summed E-state index contributed by atoms with van der Waals surface area (Å²) in [5, 5.41) is 20.6. The van der Waals surface area contributed by atoms with Crippen molar-refractivity contribution in [3.63, 3.8) is 0 Å². The van der Waals surface area contributed by atoms with Gasteiger partial charge in [-0.3, -0.25) is 5.32 Å². The van der Waals surface area contributed by atoms with E-state index in [1.165, 1.54) is 12.1 Å². The predicted molar refractivity (Wildman–Crippen MR) is 60.0 cm³/mol. The number of aromatic hydroxyl groups is 1. The number of benzene rings is 1. The SMILES string of the molecule is Cc1cc(C(C#N)NCC(F)(F)F)cc(C)c1O. The molecule has 0 aliphatic carbocycles. The molecular formula is C12H13F3N2O. The zero-order valence-electron chi connectivity index (χ0n) is 9.97. The van der Waals surface area contributed by atoms with Crippen LogP contribution < -0.4 is 5.32 Å². The maximum absolute atomic E-state index is 12.1. The molecule has 1 atom stereocenters. The molecule has 0 amide bonds. The quantitative estimate of drug-likeness (QED) is 0.876. The Labute approximate surface area is 103 Å². The fourth-order valence-corrected chi connectivity index (χ4v) is 1.61. The third kappa shape index (κ3) is 3.64. The van der Waals surface area contributed by atoms with Gasteiger partial charge in [0.1, 0.15) is 11.8 Å². The highest BCUT2D eigenvalue weighted by Crippen LogP contribution is 2.26. The first kappa shape index (κ1) is 14.3. The van der Waals surface area contributed by atoms with Crippen LogP contribution in [0.25, 0.3) is 0 Å². The van der Waals surface area contributed by atoms with Gasteiger partial charge in [0.2, 0.25) is 0 Å². The lowest BCUT2D eigenvalue weighted by atomic mass is 10.0. The number of phenolic OH excluding ortho intramolecular Hbond substituents is 1. The topological polar surface area (TPSA) is 56.0 Å². The standard InChI is InChI=1S/C12H13F3N2O/c1-7-3-9(4-8(2)11(7)18)10(5-16)17-6-12(13,14)15/h3-4,10,17-18H,6H2,1-2H3. The second-order valence-electron chi connectivity index (χ2n) is 4.06. The van der Waals surface area contributed by atoms with Gasteiger partial charge in [-0.1, -0.05) is 0 Å². The second kappa shape index (κ2) is 5.27. The summed E-state index contributed by atoms with van der Waals surface area (Å²) in [7, 11) is 0. The molecule has 3 nitrogen and oxygen atoms in total. The van der Waals surface area contributed by atoms with Crippen molar-refractivity contribution in [2.24, 2.45) is 0 Å². The minimum atomic E-state index is -4.36. The predicted octanol–water partition coefficient (Wildman–Crippen LogP) is 2.73. The third-order valence-corrected chi connectivity index (χ3v) is 2.48. The van der Waals surface area contributed by atoms with Crippen molar-refractivity contribution in [1.82, 2.24) is 5.32 Å². The summed E-state index contributed by atoms with van der Waals surface area (Å²) < 4.78 is 36.2. The number of alkyl halides is 3. The molecule has 0 heterocycles. The molecule has 2 N–H and O–H groups in total. The zero-order valence-corrected chi connectivity index (χ0v) is 9.97. The van der Waals surface area contributed by atoms with Gasteiger partial charge in [-0.15, -0.1) is 0 Å². The number of phenols is 1. The summed E-state index contributed by atoms with van der Waals surface area (Å²) in [5.74, 6) is 0.0891. The van der Waals surface area contributed by atoms with Crippen LogP contribution in [0.4, 0.5) is 13.2 Å². The molecule has 1 aromatic carbocycles. The Hall–Kier alpha value is -1.74. The van der Waals surface area contributed by atoms with E-state index in [0.29, 0.717) is 16.7 Å². The second-order valence-corrected chi connectivity index (χ2v) is 4.06. The van der Waals surface area contributed by atoms with Crippen molar-refractivity contribution in [3.8, 4) is 11.8 Å². The normalized spacial score (nSPS) is 13.1. The summed E-state index contributed by atoms with van der Waals surface area (Å²) >= 11 is 0. The summed E-state index contributed by atoms with van der Waals surface area (Å²) in [5.41, 5.74) is 1.47. The van der Waals surface area contributed by atoms with Gasteiger partial charge >= 0.3 is 6.18 Å². The van der Waals surface area contributed by atoms with E-state index in [4.69, 9.17) is 5.26 Å². The Morgan fingerprint density at radius 1 is 1.33 bits per heavy atom. The molecule has 0 radical (unpaired) electrons. The smallest absolute Gasteiger partial charge is 0.401 e. The Bertz CT molecular complexity index is 454. The number of nitriles is 1. The number of halogens is 3. The van der Waals surface area contributed by atoms with E-state index in [1.54, 1.807) is 19.9 Å². The summed E-state index contributed by atoms with van der Waals surface area (Å²) in [4.78, 5) is 0. The summed E-state index contributed by atoms with van der Waals surface area (Å²) in [6.07, 6.45) is -4.36. The monoisotopic (exact) mass is 258 g/mol. The van der Waals surface area contributed by atoms with Crippen molar-refractivity contribution in [1.29, 1.82) is 5.26 Å². The maximum atomic E-state index is 12.1. The van der Waals surface area contributed by atoms with E-state index in [0.717, 1.165) is 0 Å². The molecular weight excluding hydrogens is 245 g/mol. The van der Waals surface area contributed by atoms with Crippen LogP contribution in [0, 0.1) is 25.2 Å². The van der Waals surface area contributed by atoms with Crippen molar-refractivity contribution in [3.05, 3.63) is 28.8 Å². The lowest BCUT2D eigenvalue weighted by molar-refractivity contribution is -0.125. The molecule has 0 fully saturated rings. The van der Waals surface area contributed by atoms with Gasteiger partial charge in [-0.2, -0.15) is 18.4 Å². The largest absolute Gasteiger partial charge is 0.507 e. The van der Waals surface area contributed by atoms with E-state index >= 15 is 0 Å². The molecule has 0 aliphatic rings. The Kier molecular flexibility index (Phi) is 4.19. The van der Waals surface area contributed by atoms with Gasteiger partial charge in [0.15, 0.2) is 0 Å². The van der Waals surface area contributed by atoms with E-state index in [2.05, 4.69) is 5.32 Å². The Morgan fingerprint density at radius 2 is 1.83 bits per heavy atom. The van der Waals surface area contributed by atoms with E-state index < -0.39 is 18.8 Å². The average molecular weight is 258 g/mol. The van der Waals surface area contributed by atoms with Crippen LogP contribution in [0.15, 0.2) is 12.1 Å². The van der Waals surface area contributed by atoms with E-state index in [-0.39, 0.29) is 5.75 Å². The fraction of sp³-hybridized carbons (Fsp3) is 0.417. The van der Waals surface area contributed by atoms with Crippen LogP contribution in [0.1, 0.15) is 22.7 Å². The van der Waals surface area contributed by atoms with Crippen LogP contribution >= 0.6 is 0 Å². The number of hydrogen-bond donors (Lipinski definition) is 2. The first-order valence-electron chi connectivity index (χ1n) is 5.24. The van der Waals surface area contributed by atoms with Gasteiger partial charge in [0.25, 0.3) is 0 Å². The maximum Gasteiger partial charge on any atom is 0.401 e. The number of nitrogens with zero attached hydrogens (tertiary/aromatic N) is 1. The zero-order chi connectivity index (χ0) is 13.9. The molecule has 6 heteroatoms. The molecule has 0 aliphatic heterocycles. The molecule has 0 saturated carbocycles. The first-order valence-corrected chi connectivity index (χ1v) is 5.24. The fourth-order valence-electron chi connectivity index (χ4n) is 1.61. The van der Waals surface area contributed by atoms with E-state index in [9.17, 15) is 18.3 Å². The summed E-state index contributed by atoms with van der Waals surface area (Å²) in [6, 6.07) is 3.72. The first-order chi connectivity index (χ1) is 8.24. The molecule has 0 bridgehead atoms. The molecule has 1 aromatic rings. The molecule has 18 heavy (non-hydrogen) atoms.